The van der Waals surface area contributed by atoms with E-state index in [1.165, 1.54) is 7.11 Å². The zero-order valence-corrected chi connectivity index (χ0v) is 12.5. The number of carbonyl (C=O) groups excluding carboxylic acids is 1. The Balaban J connectivity index is 2.26. The van der Waals surface area contributed by atoms with E-state index in [9.17, 15) is 4.79 Å². The van der Waals surface area contributed by atoms with Gasteiger partial charge < -0.3 is 10.1 Å². The fraction of sp³-hybridized carbons (Fsp3) is 0.538. The van der Waals surface area contributed by atoms with Gasteiger partial charge in [-0.15, -0.1) is 0 Å². The molecule has 1 N–H and O–H groups in total. The smallest absolute Gasteiger partial charge is 0.327 e. The summed E-state index contributed by atoms with van der Waals surface area (Å²) in [5.41, 5.74) is 0.864. The maximum Gasteiger partial charge on any atom is 0.327 e. The first-order chi connectivity index (χ1) is 9.22. The van der Waals surface area contributed by atoms with Crippen molar-refractivity contribution in [2.75, 3.05) is 33.3 Å². The molecule has 1 atom stereocenters. The van der Waals surface area contributed by atoms with Gasteiger partial charge in [0.2, 0.25) is 0 Å². The van der Waals surface area contributed by atoms with Gasteiger partial charge in [0, 0.05) is 36.5 Å². The minimum Gasteiger partial charge on any atom is -0.468 e. The molecular formula is C13H18BrN3O2. The molecule has 1 aliphatic rings. The number of halogens is 1. The largest absolute Gasteiger partial charge is 0.468 e. The van der Waals surface area contributed by atoms with Crippen molar-refractivity contribution in [3.63, 3.8) is 0 Å². The number of methoxy groups -OCH3 is 1. The van der Waals surface area contributed by atoms with Gasteiger partial charge in [-0.3, -0.25) is 9.88 Å². The molecule has 0 aromatic carbocycles. The Morgan fingerprint density at radius 3 is 3.05 bits per heavy atom. The number of aromatic nitrogens is 1. The van der Waals surface area contributed by atoms with Crippen molar-refractivity contribution < 1.29 is 9.53 Å². The number of esters is 1. The molecule has 6 heteroatoms. The average Bonchev–Trinajstić information content (AvgIpc) is 2.68. The Kier molecular flexibility index (Phi) is 5.30. The van der Waals surface area contributed by atoms with Gasteiger partial charge in [-0.1, -0.05) is 0 Å². The van der Waals surface area contributed by atoms with Crippen LogP contribution in [0.1, 0.15) is 18.0 Å². The van der Waals surface area contributed by atoms with Gasteiger partial charge in [-0.05, 0) is 40.5 Å². The molecule has 0 saturated carbocycles. The summed E-state index contributed by atoms with van der Waals surface area (Å²) in [5, 5.41) is 3.33. The van der Waals surface area contributed by atoms with Crippen LogP contribution in [0.5, 0.6) is 0 Å². The van der Waals surface area contributed by atoms with Crippen molar-refractivity contribution in [3.8, 4) is 0 Å². The molecule has 1 aliphatic heterocycles. The fourth-order valence-corrected chi connectivity index (χ4v) is 2.69. The van der Waals surface area contributed by atoms with Crippen molar-refractivity contribution >= 4 is 21.9 Å². The molecule has 2 rings (SSSR count). The Morgan fingerprint density at radius 2 is 2.32 bits per heavy atom. The number of nitrogens with zero attached hydrogens (tertiary/aromatic N) is 2. The van der Waals surface area contributed by atoms with Crippen LogP contribution in [-0.2, 0) is 9.53 Å². The lowest BCUT2D eigenvalue weighted by Gasteiger charge is -2.28. The summed E-state index contributed by atoms with van der Waals surface area (Å²) in [7, 11) is 1.43. The molecule has 0 amide bonds. The second-order valence-electron chi connectivity index (χ2n) is 4.50. The normalized spacial score (nSPS) is 18.6. The third-order valence-electron chi connectivity index (χ3n) is 3.21. The molecule has 0 radical (unpaired) electrons. The molecule has 1 unspecified atom stereocenters. The highest BCUT2D eigenvalue weighted by Crippen LogP contribution is 2.24. The molecule has 1 fully saturated rings. The van der Waals surface area contributed by atoms with Crippen molar-refractivity contribution in [1.29, 1.82) is 0 Å². The molecular weight excluding hydrogens is 310 g/mol. The first-order valence-electron chi connectivity index (χ1n) is 6.35. The number of rotatable bonds is 3. The van der Waals surface area contributed by atoms with Crippen LogP contribution in [0.3, 0.4) is 0 Å². The third-order valence-corrected chi connectivity index (χ3v) is 3.64. The molecule has 104 valence electrons. The van der Waals surface area contributed by atoms with Crippen LogP contribution in [0.25, 0.3) is 0 Å². The first kappa shape index (κ1) is 14.4. The fourth-order valence-electron chi connectivity index (χ4n) is 2.31. The number of hydrogen-bond donors (Lipinski definition) is 1. The highest BCUT2D eigenvalue weighted by atomic mass is 79.9. The van der Waals surface area contributed by atoms with Crippen molar-refractivity contribution in [1.82, 2.24) is 15.2 Å². The number of nitrogens with one attached hydrogen (secondary N) is 1. The highest BCUT2D eigenvalue weighted by molar-refractivity contribution is 9.10. The van der Waals surface area contributed by atoms with E-state index in [1.807, 2.05) is 6.07 Å². The predicted molar refractivity (Wildman–Crippen MR) is 75.8 cm³/mol. The Labute approximate surface area is 121 Å². The minimum absolute atomic E-state index is 0.234. The summed E-state index contributed by atoms with van der Waals surface area (Å²) in [5.74, 6) is -0.234. The van der Waals surface area contributed by atoms with E-state index in [-0.39, 0.29) is 12.0 Å². The van der Waals surface area contributed by atoms with Crippen LogP contribution < -0.4 is 5.32 Å². The Hall–Kier alpha value is -0.980. The lowest BCUT2D eigenvalue weighted by Crippen LogP contribution is -2.37. The van der Waals surface area contributed by atoms with Crippen molar-refractivity contribution in [3.05, 3.63) is 28.5 Å². The van der Waals surface area contributed by atoms with Gasteiger partial charge in [0.25, 0.3) is 0 Å². The Bertz CT molecular complexity index is 434. The van der Waals surface area contributed by atoms with Gasteiger partial charge >= 0.3 is 5.97 Å². The Morgan fingerprint density at radius 1 is 1.47 bits per heavy atom. The summed E-state index contributed by atoms with van der Waals surface area (Å²) in [6, 6.07) is 1.54. The second-order valence-corrected chi connectivity index (χ2v) is 5.42. The van der Waals surface area contributed by atoms with E-state index in [0.717, 1.165) is 42.6 Å². The van der Waals surface area contributed by atoms with E-state index in [4.69, 9.17) is 4.74 Å². The quantitative estimate of drug-likeness (QED) is 0.849. The van der Waals surface area contributed by atoms with E-state index in [2.05, 4.69) is 31.1 Å². The van der Waals surface area contributed by atoms with Gasteiger partial charge in [0.1, 0.15) is 6.04 Å². The van der Waals surface area contributed by atoms with Crippen molar-refractivity contribution in [2.24, 2.45) is 0 Å². The molecule has 5 nitrogen and oxygen atoms in total. The summed E-state index contributed by atoms with van der Waals surface area (Å²) in [6.07, 6.45) is 4.46. The van der Waals surface area contributed by atoms with Gasteiger partial charge in [0.05, 0.1) is 7.11 Å². The van der Waals surface area contributed by atoms with Gasteiger partial charge in [-0.25, -0.2) is 4.79 Å². The number of ether oxygens (including phenoxy) is 1. The monoisotopic (exact) mass is 327 g/mol. The molecule has 0 aliphatic carbocycles. The SMILES string of the molecule is COC(=O)C(c1cncc(Br)c1)N1CCCNCC1. The van der Waals surface area contributed by atoms with Crippen LogP contribution in [0, 0.1) is 0 Å². The van der Waals surface area contributed by atoms with Crippen LogP contribution in [0.2, 0.25) is 0 Å². The summed E-state index contributed by atoms with van der Waals surface area (Å²) in [6.45, 7) is 3.57. The standard InChI is InChI=1S/C13H18BrN3O2/c1-19-13(18)12(10-7-11(14)9-16-8-10)17-5-2-3-15-4-6-17/h7-9,12,15H,2-6H2,1H3. The van der Waals surface area contributed by atoms with E-state index in [0.29, 0.717) is 0 Å². The maximum atomic E-state index is 12.1. The van der Waals surface area contributed by atoms with Crippen LogP contribution in [-0.4, -0.2) is 49.1 Å². The van der Waals surface area contributed by atoms with E-state index < -0.39 is 0 Å². The van der Waals surface area contributed by atoms with Gasteiger partial charge in [-0.2, -0.15) is 0 Å². The third kappa shape index (κ3) is 3.75. The van der Waals surface area contributed by atoms with Crippen LogP contribution in [0.4, 0.5) is 0 Å². The van der Waals surface area contributed by atoms with Crippen LogP contribution in [0.15, 0.2) is 22.9 Å². The van der Waals surface area contributed by atoms with Crippen molar-refractivity contribution in [2.45, 2.75) is 12.5 Å². The first-order valence-corrected chi connectivity index (χ1v) is 7.14. The molecule has 1 aromatic heterocycles. The highest BCUT2D eigenvalue weighted by Gasteiger charge is 2.29. The number of carbonyl (C=O) groups is 1. The average molecular weight is 328 g/mol. The predicted octanol–water partition coefficient (Wildman–Crippen LogP) is 1.35. The molecule has 2 heterocycles. The zero-order chi connectivity index (χ0) is 13.7. The second kappa shape index (κ2) is 6.98. The van der Waals surface area contributed by atoms with Gasteiger partial charge in [0.15, 0.2) is 0 Å². The molecule has 0 bridgehead atoms. The lowest BCUT2D eigenvalue weighted by molar-refractivity contribution is -0.147. The minimum atomic E-state index is -0.380. The number of hydrogen-bond acceptors (Lipinski definition) is 5. The van der Waals surface area contributed by atoms with E-state index in [1.54, 1.807) is 12.4 Å². The van der Waals surface area contributed by atoms with Crippen LogP contribution >= 0.6 is 15.9 Å². The molecule has 1 aromatic rings. The lowest BCUT2D eigenvalue weighted by atomic mass is 10.1. The molecule has 19 heavy (non-hydrogen) atoms. The molecule has 0 spiro atoms. The maximum absolute atomic E-state index is 12.1. The summed E-state index contributed by atoms with van der Waals surface area (Å²) < 4.78 is 5.82. The summed E-state index contributed by atoms with van der Waals surface area (Å²) in [4.78, 5) is 18.4. The van der Waals surface area contributed by atoms with E-state index >= 15 is 0 Å². The topological polar surface area (TPSA) is 54.5 Å². The number of pyridine rings is 1. The molecule has 1 saturated heterocycles. The zero-order valence-electron chi connectivity index (χ0n) is 10.9. The summed E-state index contributed by atoms with van der Waals surface area (Å²) >= 11 is 3.40.